The number of nitrogens with zero attached hydrogens (tertiary/aromatic N) is 6. The van der Waals surface area contributed by atoms with E-state index in [9.17, 15) is 4.79 Å². The third-order valence-corrected chi connectivity index (χ3v) is 5.36. The Hall–Kier alpha value is -3.46. The quantitative estimate of drug-likeness (QED) is 0.433. The van der Waals surface area contributed by atoms with Crippen LogP contribution in [0.1, 0.15) is 27.3 Å². The summed E-state index contributed by atoms with van der Waals surface area (Å²) in [5.41, 5.74) is 5.19. The number of fused-ring (bicyclic) bond motifs is 2. The second-order valence-corrected chi connectivity index (χ2v) is 8.06. The van der Waals surface area contributed by atoms with E-state index in [1.807, 2.05) is 58.6 Å². The maximum atomic E-state index is 12.6. The van der Waals surface area contributed by atoms with Gasteiger partial charge in [-0.05, 0) is 30.7 Å². The van der Waals surface area contributed by atoms with Crippen molar-refractivity contribution in [3.05, 3.63) is 88.6 Å². The van der Waals surface area contributed by atoms with Crippen LogP contribution in [-0.4, -0.2) is 34.5 Å². The normalized spacial score (nSPS) is 11.4. The zero-order chi connectivity index (χ0) is 20.7. The maximum Gasteiger partial charge on any atom is 0.254 e. The van der Waals surface area contributed by atoms with Crippen LogP contribution in [0.3, 0.4) is 0 Å². The first kappa shape index (κ1) is 18.6. The Morgan fingerprint density at radius 1 is 1.17 bits per heavy atom. The Balaban J connectivity index is 1.27. The molecule has 0 saturated heterocycles. The molecule has 0 unspecified atom stereocenters. The number of aryl methyl sites for hydroxylation is 1. The molecular formula is C21H18BrN7O. The number of halogens is 1. The summed E-state index contributed by atoms with van der Waals surface area (Å²) in [6.07, 6.45) is 11.0. The summed E-state index contributed by atoms with van der Waals surface area (Å²) < 4.78 is 6.59. The van der Waals surface area contributed by atoms with Crippen LogP contribution in [0.25, 0.3) is 11.2 Å². The Labute approximate surface area is 180 Å². The fraction of sp³-hybridized carbons (Fsp3) is 0.143. The largest absolute Gasteiger partial charge is 0.346 e. The van der Waals surface area contributed by atoms with Crippen LogP contribution in [0.5, 0.6) is 0 Å². The zero-order valence-corrected chi connectivity index (χ0v) is 17.7. The molecule has 0 saturated carbocycles. The van der Waals surface area contributed by atoms with Gasteiger partial charge in [0.1, 0.15) is 5.65 Å². The van der Waals surface area contributed by atoms with Crippen molar-refractivity contribution in [1.82, 2.24) is 33.9 Å². The molecule has 5 aromatic heterocycles. The second-order valence-electron chi connectivity index (χ2n) is 7.14. The lowest BCUT2D eigenvalue weighted by atomic mass is 10.3. The van der Waals surface area contributed by atoms with E-state index in [0.29, 0.717) is 18.7 Å². The molecule has 0 radical (unpaired) electrons. The fourth-order valence-corrected chi connectivity index (χ4v) is 3.72. The van der Waals surface area contributed by atoms with Gasteiger partial charge >= 0.3 is 0 Å². The van der Waals surface area contributed by atoms with Crippen molar-refractivity contribution in [2.75, 3.05) is 0 Å². The van der Waals surface area contributed by atoms with Crippen molar-refractivity contribution < 1.29 is 4.79 Å². The van der Waals surface area contributed by atoms with Crippen LogP contribution in [0.2, 0.25) is 0 Å². The third kappa shape index (κ3) is 3.59. The highest BCUT2D eigenvalue weighted by Gasteiger charge is 2.12. The molecule has 5 heterocycles. The second kappa shape index (κ2) is 7.42. The number of hydrogen-bond donors (Lipinski definition) is 1. The molecule has 30 heavy (non-hydrogen) atoms. The smallest absolute Gasteiger partial charge is 0.254 e. The first-order valence-electron chi connectivity index (χ1n) is 9.41. The molecule has 0 bridgehead atoms. The van der Waals surface area contributed by atoms with Crippen LogP contribution < -0.4 is 5.32 Å². The molecular weight excluding hydrogens is 446 g/mol. The summed E-state index contributed by atoms with van der Waals surface area (Å²) in [5, 5.41) is 7.22. The summed E-state index contributed by atoms with van der Waals surface area (Å²) in [6.45, 7) is 2.87. The first-order chi connectivity index (χ1) is 14.5. The molecule has 5 aromatic rings. The molecule has 0 fully saturated rings. The highest BCUT2D eigenvalue weighted by atomic mass is 79.9. The Morgan fingerprint density at radius 2 is 2.07 bits per heavy atom. The Bertz CT molecular complexity index is 1380. The summed E-state index contributed by atoms with van der Waals surface area (Å²) in [5.74, 6) is -0.192. The SMILES string of the molecule is Cc1ccc2nc(Cn3cc(C(=O)NCc4ncn5ccc(Br)cc45)cn3)cn2c1. The molecule has 150 valence electrons. The minimum atomic E-state index is -0.192. The summed E-state index contributed by atoms with van der Waals surface area (Å²) >= 11 is 3.47. The van der Waals surface area contributed by atoms with E-state index in [1.54, 1.807) is 23.4 Å². The van der Waals surface area contributed by atoms with Gasteiger partial charge in [0, 0.05) is 29.3 Å². The molecule has 0 atom stereocenters. The van der Waals surface area contributed by atoms with E-state index in [4.69, 9.17) is 0 Å². The fourth-order valence-electron chi connectivity index (χ4n) is 3.38. The lowest BCUT2D eigenvalue weighted by Gasteiger charge is -2.02. The molecule has 5 rings (SSSR count). The number of rotatable bonds is 5. The number of pyridine rings is 2. The van der Waals surface area contributed by atoms with Gasteiger partial charge in [0.25, 0.3) is 5.91 Å². The van der Waals surface area contributed by atoms with E-state index < -0.39 is 0 Å². The summed E-state index contributed by atoms with van der Waals surface area (Å²) in [6, 6.07) is 7.93. The van der Waals surface area contributed by atoms with Gasteiger partial charge in [-0.2, -0.15) is 5.10 Å². The van der Waals surface area contributed by atoms with Crippen molar-refractivity contribution in [2.45, 2.75) is 20.0 Å². The van der Waals surface area contributed by atoms with E-state index >= 15 is 0 Å². The topological polar surface area (TPSA) is 81.5 Å². The van der Waals surface area contributed by atoms with Crippen molar-refractivity contribution >= 4 is 33.0 Å². The number of hydrogen-bond acceptors (Lipinski definition) is 4. The number of nitrogens with one attached hydrogen (secondary N) is 1. The van der Waals surface area contributed by atoms with E-state index in [-0.39, 0.29) is 5.91 Å². The molecule has 0 aromatic carbocycles. The van der Waals surface area contributed by atoms with E-state index in [2.05, 4.69) is 36.3 Å². The van der Waals surface area contributed by atoms with Gasteiger partial charge in [0.2, 0.25) is 0 Å². The molecule has 1 amide bonds. The predicted octanol–water partition coefficient (Wildman–Crippen LogP) is 3.23. The zero-order valence-electron chi connectivity index (χ0n) is 16.2. The monoisotopic (exact) mass is 463 g/mol. The van der Waals surface area contributed by atoms with Gasteiger partial charge in [-0.25, -0.2) is 9.97 Å². The Morgan fingerprint density at radius 3 is 2.97 bits per heavy atom. The minimum Gasteiger partial charge on any atom is -0.346 e. The lowest BCUT2D eigenvalue weighted by molar-refractivity contribution is 0.0950. The first-order valence-corrected chi connectivity index (χ1v) is 10.2. The molecule has 8 nitrogen and oxygen atoms in total. The van der Waals surface area contributed by atoms with E-state index in [1.165, 1.54) is 5.56 Å². The Kier molecular flexibility index (Phi) is 4.59. The molecule has 0 aliphatic rings. The minimum absolute atomic E-state index is 0.192. The van der Waals surface area contributed by atoms with Crippen molar-refractivity contribution in [1.29, 1.82) is 0 Å². The average molecular weight is 464 g/mol. The van der Waals surface area contributed by atoms with E-state index in [0.717, 1.165) is 27.0 Å². The predicted molar refractivity (Wildman–Crippen MR) is 115 cm³/mol. The number of carbonyl (C=O) groups is 1. The van der Waals surface area contributed by atoms with Crippen LogP contribution in [-0.2, 0) is 13.1 Å². The highest BCUT2D eigenvalue weighted by molar-refractivity contribution is 9.10. The van der Waals surface area contributed by atoms with Crippen molar-refractivity contribution in [2.24, 2.45) is 0 Å². The lowest BCUT2D eigenvalue weighted by Crippen LogP contribution is -2.22. The van der Waals surface area contributed by atoms with Crippen LogP contribution in [0, 0.1) is 6.92 Å². The summed E-state index contributed by atoms with van der Waals surface area (Å²) in [7, 11) is 0. The number of aromatic nitrogens is 6. The van der Waals surface area contributed by atoms with Gasteiger partial charge in [-0.3, -0.25) is 9.48 Å². The molecule has 0 aliphatic carbocycles. The van der Waals surface area contributed by atoms with Gasteiger partial charge in [0.15, 0.2) is 0 Å². The van der Waals surface area contributed by atoms with Crippen LogP contribution in [0.15, 0.2) is 66.0 Å². The van der Waals surface area contributed by atoms with Gasteiger partial charge in [0.05, 0.1) is 48.1 Å². The third-order valence-electron chi connectivity index (χ3n) is 4.87. The molecule has 0 spiro atoms. The molecule has 9 heteroatoms. The van der Waals surface area contributed by atoms with Gasteiger partial charge < -0.3 is 14.1 Å². The summed E-state index contributed by atoms with van der Waals surface area (Å²) in [4.78, 5) is 21.5. The van der Waals surface area contributed by atoms with Crippen molar-refractivity contribution in [3.8, 4) is 0 Å². The van der Waals surface area contributed by atoms with Gasteiger partial charge in [-0.1, -0.05) is 22.0 Å². The molecule has 0 aliphatic heterocycles. The maximum absolute atomic E-state index is 12.6. The van der Waals surface area contributed by atoms with Crippen LogP contribution in [0.4, 0.5) is 0 Å². The highest BCUT2D eigenvalue weighted by Crippen LogP contribution is 2.16. The van der Waals surface area contributed by atoms with Crippen LogP contribution >= 0.6 is 15.9 Å². The average Bonchev–Trinajstić information content (AvgIpc) is 3.44. The number of imidazole rings is 2. The number of carbonyl (C=O) groups excluding carboxylic acids is 1. The number of amides is 1. The molecule has 1 N–H and O–H groups in total. The van der Waals surface area contributed by atoms with Crippen molar-refractivity contribution in [3.63, 3.8) is 0 Å². The standard InChI is InChI=1S/C21H18BrN7O/c1-14-2-3-20-26-17(11-28(20)9-14)12-29-10-15(7-25-29)21(30)23-8-18-19-6-16(22)4-5-27(19)13-24-18/h2-7,9-11,13H,8,12H2,1H3,(H,23,30). The van der Waals surface area contributed by atoms with Gasteiger partial charge in [-0.15, -0.1) is 0 Å².